The molecule has 1 aliphatic heterocycles. The van der Waals surface area contributed by atoms with Gasteiger partial charge in [-0.15, -0.1) is 0 Å². The second kappa shape index (κ2) is 2.54. The van der Waals surface area contributed by atoms with Gasteiger partial charge >= 0.3 is 0 Å². The first-order chi connectivity index (χ1) is 3.79. The van der Waals surface area contributed by atoms with Gasteiger partial charge in [0.2, 0.25) is 5.29 Å². The standard InChI is InChI=1S/C3H3ClIN3/c4-2-7-1-5-3(6)8-2/h1H,(H2,6,7,8). The largest absolute Gasteiger partial charge is 0.379 e. The molecule has 0 aromatic heterocycles. The maximum atomic E-state index is 5.38. The number of nitrogens with zero attached hydrogens (tertiary/aromatic N) is 2. The number of hydrogen-bond donors (Lipinski definition) is 1. The van der Waals surface area contributed by atoms with Crippen molar-refractivity contribution in [3.8, 4) is 0 Å². The highest BCUT2D eigenvalue weighted by molar-refractivity contribution is 14.2. The van der Waals surface area contributed by atoms with Crippen molar-refractivity contribution in [3.05, 3.63) is 0 Å². The van der Waals surface area contributed by atoms with Crippen LogP contribution in [0.2, 0.25) is 0 Å². The first-order valence-corrected chi connectivity index (χ1v) is 4.52. The monoisotopic (exact) mass is 243 g/mol. The zero-order valence-electron chi connectivity index (χ0n) is 3.81. The summed E-state index contributed by atoms with van der Waals surface area (Å²) in [6, 6.07) is 0. The van der Waals surface area contributed by atoms with Crippen molar-refractivity contribution in [3.63, 3.8) is 0 Å². The van der Waals surface area contributed by atoms with E-state index >= 15 is 0 Å². The summed E-state index contributed by atoms with van der Waals surface area (Å²) in [5.74, 6) is 0. The molecule has 0 spiro atoms. The van der Waals surface area contributed by atoms with E-state index in [0.29, 0.717) is 3.84 Å². The first kappa shape index (κ1) is 6.15. The fraction of sp³-hybridized carbons (Fsp3) is 0. The Labute approximate surface area is 61.4 Å². The van der Waals surface area contributed by atoms with Crippen LogP contribution in [0.4, 0.5) is 0 Å². The van der Waals surface area contributed by atoms with Gasteiger partial charge in [-0.2, -0.15) is 4.99 Å². The quantitative estimate of drug-likeness (QED) is 0.493. The third-order valence-corrected chi connectivity index (χ3v) is 2.13. The molecule has 0 saturated heterocycles. The van der Waals surface area contributed by atoms with E-state index in [4.69, 9.17) is 17.3 Å². The van der Waals surface area contributed by atoms with Crippen LogP contribution < -0.4 is 5.73 Å². The molecule has 0 aromatic rings. The Morgan fingerprint density at radius 3 is 2.88 bits per heavy atom. The Kier molecular flexibility index (Phi) is 1.95. The molecule has 5 heteroatoms. The number of hydrogen-bond acceptors (Lipinski definition) is 3. The molecule has 2 N–H and O–H groups in total. The third-order valence-electron chi connectivity index (χ3n) is 0.515. The normalized spacial score (nSPS) is 18.6. The van der Waals surface area contributed by atoms with Gasteiger partial charge in [0, 0.05) is 0 Å². The summed E-state index contributed by atoms with van der Waals surface area (Å²) in [5.41, 5.74) is 5.33. The zero-order valence-corrected chi connectivity index (χ0v) is 6.72. The Morgan fingerprint density at radius 2 is 2.50 bits per heavy atom. The van der Waals surface area contributed by atoms with Crippen LogP contribution in [0.1, 0.15) is 0 Å². The maximum absolute atomic E-state index is 5.38. The molecule has 44 valence electrons. The van der Waals surface area contributed by atoms with Gasteiger partial charge in [-0.3, -0.25) is 0 Å². The fourth-order valence-corrected chi connectivity index (χ4v) is 1.76. The second-order valence-corrected chi connectivity index (χ2v) is 3.66. The van der Waals surface area contributed by atoms with Crippen molar-refractivity contribution in [2.75, 3.05) is 0 Å². The van der Waals surface area contributed by atoms with Crippen LogP contribution in [0.25, 0.3) is 0 Å². The minimum atomic E-state index is -0.244. The van der Waals surface area contributed by atoms with E-state index in [2.05, 4.69) is 9.98 Å². The Balaban J connectivity index is 2.89. The summed E-state index contributed by atoms with van der Waals surface area (Å²) in [5, 5.41) is 0.244. The summed E-state index contributed by atoms with van der Waals surface area (Å²) in [7, 11) is 0. The van der Waals surface area contributed by atoms with E-state index in [9.17, 15) is 0 Å². The SMILES string of the molecule is NC1=NC(Cl)=NC=I1. The van der Waals surface area contributed by atoms with Crippen molar-refractivity contribution < 1.29 is 0 Å². The topological polar surface area (TPSA) is 50.7 Å². The predicted molar refractivity (Wildman–Crippen MR) is 45.0 cm³/mol. The Hall–Kier alpha value is 0.0300. The molecule has 8 heavy (non-hydrogen) atoms. The molecule has 0 bridgehead atoms. The van der Waals surface area contributed by atoms with Crippen LogP contribution in [0.3, 0.4) is 0 Å². The summed E-state index contributed by atoms with van der Waals surface area (Å²) in [6.45, 7) is 0. The van der Waals surface area contributed by atoms with E-state index in [1.165, 1.54) is 0 Å². The van der Waals surface area contributed by atoms with Gasteiger partial charge in [-0.1, -0.05) is 0 Å². The Bertz CT molecular complexity index is 180. The van der Waals surface area contributed by atoms with Crippen molar-refractivity contribution >= 4 is 45.6 Å². The van der Waals surface area contributed by atoms with E-state index in [1.54, 1.807) is 4.14 Å². The van der Waals surface area contributed by atoms with Crippen LogP contribution in [-0.2, 0) is 0 Å². The first-order valence-electron chi connectivity index (χ1n) is 1.81. The highest BCUT2D eigenvalue weighted by Crippen LogP contribution is 2.02. The van der Waals surface area contributed by atoms with Gasteiger partial charge in [0.25, 0.3) is 0 Å². The second-order valence-electron chi connectivity index (χ2n) is 1.04. The van der Waals surface area contributed by atoms with Crippen molar-refractivity contribution in [1.29, 1.82) is 0 Å². The molecule has 0 unspecified atom stereocenters. The maximum Gasteiger partial charge on any atom is 0.225 e. The van der Waals surface area contributed by atoms with Crippen LogP contribution in [0, 0.1) is 0 Å². The summed E-state index contributed by atoms with van der Waals surface area (Å²) in [4.78, 5) is 7.43. The minimum Gasteiger partial charge on any atom is -0.379 e. The highest BCUT2D eigenvalue weighted by atomic mass is 127. The van der Waals surface area contributed by atoms with Gasteiger partial charge in [0.1, 0.15) is 0 Å². The molecule has 3 nitrogen and oxygen atoms in total. The molecule has 0 saturated carbocycles. The van der Waals surface area contributed by atoms with Crippen molar-refractivity contribution in [1.82, 2.24) is 0 Å². The average molecular weight is 243 g/mol. The highest BCUT2D eigenvalue weighted by Gasteiger charge is 1.93. The van der Waals surface area contributed by atoms with Crippen LogP contribution in [0.15, 0.2) is 9.98 Å². The lowest BCUT2D eigenvalue weighted by atomic mass is 11.1. The molecular formula is C3H3ClIN3. The lowest BCUT2D eigenvalue weighted by molar-refractivity contribution is 1.64. The minimum absolute atomic E-state index is 0.244. The van der Waals surface area contributed by atoms with E-state index < -0.39 is 0 Å². The molecule has 0 atom stereocenters. The van der Waals surface area contributed by atoms with E-state index in [-0.39, 0.29) is 26.0 Å². The van der Waals surface area contributed by atoms with Crippen LogP contribution >= 0.6 is 32.3 Å². The Morgan fingerprint density at radius 1 is 1.75 bits per heavy atom. The van der Waals surface area contributed by atoms with Gasteiger partial charge in [-0.05, 0) is 32.3 Å². The van der Waals surface area contributed by atoms with Gasteiger partial charge < -0.3 is 5.73 Å². The number of amidine groups is 2. The lowest BCUT2D eigenvalue weighted by Crippen LogP contribution is -2.06. The molecule has 1 aliphatic rings. The number of aliphatic imine (C=N–C) groups is 2. The number of nitrogens with two attached hydrogens (primary N) is 1. The third kappa shape index (κ3) is 1.52. The van der Waals surface area contributed by atoms with Crippen molar-refractivity contribution in [2.24, 2.45) is 15.7 Å². The summed E-state index contributed by atoms with van der Waals surface area (Å²) >= 11 is 5.14. The molecule has 0 radical (unpaired) electrons. The van der Waals surface area contributed by atoms with Crippen molar-refractivity contribution in [2.45, 2.75) is 0 Å². The molecule has 0 fully saturated rings. The lowest BCUT2D eigenvalue weighted by Gasteiger charge is -1.92. The number of halogens is 2. The number of rotatable bonds is 0. The van der Waals surface area contributed by atoms with Crippen LogP contribution in [0.5, 0.6) is 0 Å². The summed E-state index contributed by atoms with van der Waals surface area (Å²) < 4.78 is 2.37. The molecular weight excluding hydrogens is 240 g/mol. The van der Waals surface area contributed by atoms with Gasteiger partial charge in [0.05, 0.1) is 4.14 Å². The molecule has 0 aromatic carbocycles. The fourth-order valence-electron chi connectivity index (χ4n) is 0.256. The molecule has 1 heterocycles. The predicted octanol–water partition coefficient (Wildman–Crippen LogP) is 0.640. The summed E-state index contributed by atoms with van der Waals surface area (Å²) in [6.07, 6.45) is 0. The van der Waals surface area contributed by atoms with Crippen LogP contribution in [-0.4, -0.2) is 13.3 Å². The van der Waals surface area contributed by atoms with E-state index in [0.717, 1.165) is 0 Å². The van der Waals surface area contributed by atoms with Gasteiger partial charge in [-0.25, -0.2) is 4.99 Å². The zero-order chi connectivity index (χ0) is 5.98. The smallest absolute Gasteiger partial charge is 0.225 e. The average Bonchev–Trinajstić information content (AvgIpc) is 1.64. The van der Waals surface area contributed by atoms with Gasteiger partial charge in [0.15, 0.2) is 3.84 Å². The van der Waals surface area contributed by atoms with E-state index in [1.807, 2.05) is 0 Å². The molecule has 0 aliphatic carbocycles. The molecule has 1 rings (SSSR count). The molecule has 0 amide bonds.